The minimum absolute atomic E-state index is 0.0220. The van der Waals surface area contributed by atoms with E-state index in [2.05, 4.69) is 12.2 Å². The van der Waals surface area contributed by atoms with E-state index < -0.39 is 0 Å². The molecule has 2 rings (SSSR count). The van der Waals surface area contributed by atoms with Gasteiger partial charge in [0.15, 0.2) is 0 Å². The lowest BCUT2D eigenvalue weighted by Crippen LogP contribution is -2.37. The normalized spacial score (nSPS) is 36.5. The molecule has 1 aliphatic carbocycles. The van der Waals surface area contributed by atoms with Gasteiger partial charge in [0.25, 0.3) is 0 Å². The number of carbonyl (C=O) groups is 1. The summed E-state index contributed by atoms with van der Waals surface area (Å²) in [4.78, 5) is 11.8. The van der Waals surface area contributed by atoms with E-state index in [1.165, 1.54) is 19.3 Å². The highest BCUT2D eigenvalue weighted by atomic mass is 16.5. The summed E-state index contributed by atoms with van der Waals surface area (Å²) in [7, 11) is 0. The van der Waals surface area contributed by atoms with Crippen molar-refractivity contribution in [3.63, 3.8) is 0 Å². The predicted octanol–water partition coefficient (Wildman–Crippen LogP) is 1.86. The third-order valence-electron chi connectivity index (χ3n) is 3.65. The van der Waals surface area contributed by atoms with E-state index in [9.17, 15) is 4.79 Å². The summed E-state index contributed by atoms with van der Waals surface area (Å²) in [6, 6.07) is -0.0286. The van der Waals surface area contributed by atoms with Gasteiger partial charge >= 0.3 is 5.97 Å². The molecule has 0 radical (unpaired) electrons. The van der Waals surface area contributed by atoms with Gasteiger partial charge in [-0.25, -0.2) is 0 Å². The Bertz CT molecular complexity index is 224. The molecule has 0 aromatic carbocycles. The third kappa shape index (κ3) is 2.71. The highest BCUT2D eigenvalue weighted by molar-refractivity contribution is 5.76. The van der Waals surface area contributed by atoms with Crippen LogP contribution in [0.3, 0.4) is 0 Å². The fraction of sp³-hybridized carbons (Fsp3) is 0.917. The lowest BCUT2D eigenvalue weighted by molar-refractivity contribution is -0.155. The van der Waals surface area contributed by atoms with Crippen molar-refractivity contribution >= 4 is 5.97 Å². The Balaban J connectivity index is 1.81. The number of esters is 1. The smallest absolute Gasteiger partial charge is 0.323 e. The molecule has 3 heteroatoms. The van der Waals surface area contributed by atoms with E-state index in [4.69, 9.17) is 4.74 Å². The van der Waals surface area contributed by atoms with Crippen molar-refractivity contribution < 1.29 is 9.53 Å². The lowest BCUT2D eigenvalue weighted by atomic mass is 9.88. The van der Waals surface area contributed by atoms with Gasteiger partial charge in [-0.05, 0) is 44.6 Å². The molecular weight excluding hydrogens is 190 g/mol. The fourth-order valence-electron chi connectivity index (χ4n) is 2.57. The SMILES string of the molecule is CC1CCCCC1OC(=O)C1CCCN1. The number of hydrogen-bond donors (Lipinski definition) is 1. The first-order valence-electron chi connectivity index (χ1n) is 6.21. The minimum Gasteiger partial charge on any atom is -0.461 e. The van der Waals surface area contributed by atoms with E-state index >= 15 is 0 Å². The zero-order valence-corrected chi connectivity index (χ0v) is 9.50. The van der Waals surface area contributed by atoms with Crippen LogP contribution in [-0.4, -0.2) is 24.7 Å². The number of carbonyl (C=O) groups excluding carboxylic acids is 1. The molecule has 86 valence electrons. The van der Waals surface area contributed by atoms with E-state index in [0.717, 1.165) is 25.8 Å². The highest BCUT2D eigenvalue weighted by Gasteiger charge is 2.29. The molecule has 1 saturated carbocycles. The summed E-state index contributed by atoms with van der Waals surface area (Å²) in [6.45, 7) is 3.15. The molecule has 3 atom stereocenters. The van der Waals surface area contributed by atoms with Gasteiger partial charge in [-0.1, -0.05) is 13.3 Å². The van der Waals surface area contributed by atoms with Gasteiger partial charge in [0.1, 0.15) is 12.1 Å². The first-order valence-corrected chi connectivity index (χ1v) is 6.21. The zero-order chi connectivity index (χ0) is 10.7. The average molecular weight is 211 g/mol. The van der Waals surface area contributed by atoms with Gasteiger partial charge in [0.2, 0.25) is 0 Å². The number of rotatable bonds is 2. The maximum atomic E-state index is 11.8. The molecule has 0 spiro atoms. The van der Waals surface area contributed by atoms with Gasteiger partial charge in [0, 0.05) is 0 Å². The molecule has 0 aromatic heterocycles. The molecule has 0 bridgehead atoms. The summed E-state index contributed by atoms with van der Waals surface area (Å²) in [6.07, 6.45) is 6.97. The quantitative estimate of drug-likeness (QED) is 0.708. The second-order valence-electron chi connectivity index (χ2n) is 4.89. The first kappa shape index (κ1) is 10.9. The molecule has 0 aromatic rings. The number of ether oxygens (including phenoxy) is 1. The van der Waals surface area contributed by atoms with Crippen molar-refractivity contribution in [2.75, 3.05) is 6.54 Å². The van der Waals surface area contributed by atoms with Crippen LogP contribution in [0.25, 0.3) is 0 Å². The Labute approximate surface area is 91.6 Å². The Morgan fingerprint density at radius 2 is 2.00 bits per heavy atom. The molecule has 2 aliphatic rings. The molecule has 0 amide bonds. The van der Waals surface area contributed by atoms with Crippen LogP contribution in [-0.2, 0) is 9.53 Å². The Morgan fingerprint density at radius 3 is 2.67 bits per heavy atom. The van der Waals surface area contributed by atoms with E-state index in [0.29, 0.717) is 5.92 Å². The summed E-state index contributed by atoms with van der Waals surface area (Å²) in [5.74, 6) is 0.523. The predicted molar refractivity (Wildman–Crippen MR) is 58.5 cm³/mol. The molecule has 1 aliphatic heterocycles. The molecule has 1 N–H and O–H groups in total. The summed E-state index contributed by atoms with van der Waals surface area (Å²) in [5.41, 5.74) is 0. The van der Waals surface area contributed by atoms with Crippen molar-refractivity contribution in [1.29, 1.82) is 0 Å². The molecule has 3 nitrogen and oxygen atoms in total. The van der Waals surface area contributed by atoms with Crippen LogP contribution in [0.4, 0.5) is 0 Å². The minimum atomic E-state index is -0.0286. The molecule has 15 heavy (non-hydrogen) atoms. The largest absolute Gasteiger partial charge is 0.461 e. The maximum absolute atomic E-state index is 11.8. The summed E-state index contributed by atoms with van der Waals surface area (Å²) < 4.78 is 5.59. The Hall–Kier alpha value is -0.570. The van der Waals surface area contributed by atoms with E-state index in [-0.39, 0.29) is 18.1 Å². The second kappa shape index (κ2) is 4.97. The van der Waals surface area contributed by atoms with Crippen molar-refractivity contribution in [2.45, 2.75) is 57.6 Å². The maximum Gasteiger partial charge on any atom is 0.323 e. The monoisotopic (exact) mass is 211 g/mol. The van der Waals surface area contributed by atoms with Crippen LogP contribution in [0.2, 0.25) is 0 Å². The fourth-order valence-corrected chi connectivity index (χ4v) is 2.57. The summed E-state index contributed by atoms with van der Waals surface area (Å²) >= 11 is 0. The van der Waals surface area contributed by atoms with Crippen LogP contribution < -0.4 is 5.32 Å². The Kier molecular flexibility index (Phi) is 3.62. The van der Waals surface area contributed by atoms with E-state index in [1.807, 2.05) is 0 Å². The molecular formula is C12H21NO2. The standard InChI is InChI=1S/C12H21NO2/c1-9-5-2-3-7-11(9)15-12(14)10-6-4-8-13-10/h9-11,13H,2-8H2,1H3. The molecule has 3 unspecified atom stereocenters. The number of nitrogens with one attached hydrogen (secondary N) is 1. The third-order valence-corrected chi connectivity index (χ3v) is 3.65. The van der Waals surface area contributed by atoms with Gasteiger partial charge < -0.3 is 10.1 Å². The van der Waals surface area contributed by atoms with Gasteiger partial charge in [-0.2, -0.15) is 0 Å². The van der Waals surface area contributed by atoms with Gasteiger partial charge in [-0.3, -0.25) is 4.79 Å². The van der Waals surface area contributed by atoms with Gasteiger partial charge in [-0.15, -0.1) is 0 Å². The van der Waals surface area contributed by atoms with Crippen LogP contribution in [0.1, 0.15) is 45.4 Å². The first-order chi connectivity index (χ1) is 7.27. The topological polar surface area (TPSA) is 38.3 Å². The molecule has 1 heterocycles. The number of hydrogen-bond acceptors (Lipinski definition) is 3. The van der Waals surface area contributed by atoms with Crippen LogP contribution >= 0.6 is 0 Å². The average Bonchev–Trinajstić information content (AvgIpc) is 2.74. The zero-order valence-electron chi connectivity index (χ0n) is 9.50. The molecule has 2 fully saturated rings. The van der Waals surface area contributed by atoms with E-state index in [1.54, 1.807) is 0 Å². The van der Waals surface area contributed by atoms with Crippen molar-refractivity contribution in [3.05, 3.63) is 0 Å². The van der Waals surface area contributed by atoms with Gasteiger partial charge in [0.05, 0.1) is 0 Å². The van der Waals surface area contributed by atoms with Crippen LogP contribution in [0.5, 0.6) is 0 Å². The second-order valence-corrected chi connectivity index (χ2v) is 4.89. The van der Waals surface area contributed by atoms with Crippen molar-refractivity contribution in [3.8, 4) is 0 Å². The summed E-state index contributed by atoms with van der Waals surface area (Å²) in [5, 5.41) is 3.19. The van der Waals surface area contributed by atoms with Crippen molar-refractivity contribution in [1.82, 2.24) is 5.32 Å². The lowest BCUT2D eigenvalue weighted by Gasteiger charge is -2.29. The van der Waals surface area contributed by atoms with Crippen LogP contribution in [0, 0.1) is 5.92 Å². The highest BCUT2D eigenvalue weighted by Crippen LogP contribution is 2.26. The Morgan fingerprint density at radius 1 is 1.20 bits per heavy atom. The molecule has 1 saturated heterocycles. The van der Waals surface area contributed by atoms with Crippen LogP contribution in [0.15, 0.2) is 0 Å². The van der Waals surface area contributed by atoms with Crippen molar-refractivity contribution in [2.24, 2.45) is 5.92 Å².